The molecule has 1 aliphatic heterocycles. The van der Waals surface area contributed by atoms with E-state index in [1.807, 2.05) is 24.3 Å². The fourth-order valence-electron chi connectivity index (χ4n) is 1.82. The standard InChI is InChI=1S/C13H18N2O3S/c16-5-6-18-12-4-2-1-3-10(12)7-14-13(17)11-8-19-9-15-11/h1-4,11,15-16H,5-9H2,(H,14,17)/t11-/m1/s1. The summed E-state index contributed by atoms with van der Waals surface area (Å²) in [7, 11) is 0. The number of ether oxygens (including phenoxy) is 1. The summed E-state index contributed by atoms with van der Waals surface area (Å²) in [5.41, 5.74) is 0.912. The minimum absolute atomic E-state index is 0.0157. The molecule has 1 aromatic carbocycles. The second-order valence-corrected chi connectivity index (χ2v) is 5.20. The van der Waals surface area contributed by atoms with Gasteiger partial charge in [-0.3, -0.25) is 10.1 Å². The van der Waals surface area contributed by atoms with Crippen LogP contribution in [-0.4, -0.2) is 41.9 Å². The van der Waals surface area contributed by atoms with Gasteiger partial charge in [-0.15, -0.1) is 11.8 Å². The molecular formula is C13H18N2O3S. The Labute approximate surface area is 116 Å². The van der Waals surface area contributed by atoms with Crippen LogP contribution in [-0.2, 0) is 11.3 Å². The van der Waals surface area contributed by atoms with Crippen molar-refractivity contribution in [3.8, 4) is 5.75 Å². The first-order chi connectivity index (χ1) is 9.31. The number of aliphatic hydroxyl groups excluding tert-OH is 1. The van der Waals surface area contributed by atoms with Crippen molar-refractivity contribution in [2.24, 2.45) is 0 Å². The minimum atomic E-state index is -0.101. The number of carbonyl (C=O) groups is 1. The van der Waals surface area contributed by atoms with Crippen LogP contribution >= 0.6 is 11.8 Å². The highest BCUT2D eigenvalue weighted by atomic mass is 32.2. The molecule has 1 atom stereocenters. The molecule has 0 radical (unpaired) electrons. The molecule has 0 aliphatic carbocycles. The first-order valence-corrected chi connectivity index (χ1v) is 7.37. The van der Waals surface area contributed by atoms with Crippen LogP contribution in [0.15, 0.2) is 24.3 Å². The van der Waals surface area contributed by atoms with Crippen LogP contribution in [0.5, 0.6) is 5.75 Å². The Morgan fingerprint density at radius 3 is 3.11 bits per heavy atom. The third-order valence-electron chi connectivity index (χ3n) is 2.81. The van der Waals surface area contributed by atoms with Gasteiger partial charge in [-0.2, -0.15) is 0 Å². The van der Waals surface area contributed by atoms with Gasteiger partial charge >= 0.3 is 0 Å². The summed E-state index contributed by atoms with van der Waals surface area (Å²) < 4.78 is 5.42. The fraction of sp³-hybridized carbons (Fsp3) is 0.462. The summed E-state index contributed by atoms with van der Waals surface area (Å²) in [6.45, 7) is 0.666. The number of nitrogens with one attached hydrogen (secondary N) is 2. The van der Waals surface area contributed by atoms with Gasteiger partial charge < -0.3 is 15.2 Å². The molecule has 0 bridgehead atoms. The first-order valence-electron chi connectivity index (χ1n) is 6.21. The van der Waals surface area contributed by atoms with E-state index in [0.29, 0.717) is 12.3 Å². The highest BCUT2D eigenvalue weighted by Crippen LogP contribution is 2.17. The number of para-hydroxylation sites is 1. The third kappa shape index (κ3) is 4.12. The number of aliphatic hydroxyl groups is 1. The molecule has 1 aliphatic rings. The Bertz CT molecular complexity index is 422. The van der Waals surface area contributed by atoms with E-state index in [4.69, 9.17) is 9.84 Å². The molecule has 19 heavy (non-hydrogen) atoms. The van der Waals surface area contributed by atoms with E-state index < -0.39 is 0 Å². The van der Waals surface area contributed by atoms with Crippen LogP contribution in [0.1, 0.15) is 5.56 Å². The topological polar surface area (TPSA) is 70.6 Å². The maximum absolute atomic E-state index is 11.9. The lowest BCUT2D eigenvalue weighted by molar-refractivity contribution is -0.122. The predicted molar refractivity (Wildman–Crippen MR) is 75.1 cm³/mol. The van der Waals surface area contributed by atoms with Gasteiger partial charge in [0.1, 0.15) is 12.4 Å². The van der Waals surface area contributed by atoms with Crippen LogP contribution in [0.25, 0.3) is 0 Å². The zero-order valence-electron chi connectivity index (χ0n) is 10.6. The lowest BCUT2D eigenvalue weighted by Crippen LogP contribution is -2.41. The highest BCUT2D eigenvalue weighted by molar-refractivity contribution is 7.99. The third-order valence-corrected chi connectivity index (χ3v) is 3.75. The molecule has 0 unspecified atom stereocenters. The van der Waals surface area contributed by atoms with E-state index in [1.165, 1.54) is 0 Å². The molecule has 1 saturated heterocycles. The monoisotopic (exact) mass is 282 g/mol. The molecule has 1 amide bonds. The maximum atomic E-state index is 11.9. The van der Waals surface area contributed by atoms with Crippen LogP contribution in [0.2, 0.25) is 0 Å². The van der Waals surface area contributed by atoms with E-state index in [9.17, 15) is 4.79 Å². The lowest BCUT2D eigenvalue weighted by Gasteiger charge is -2.13. The van der Waals surface area contributed by atoms with Crippen molar-refractivity contribution in [3.05, 3.63) is 29.8 Å². The van der Waals surface area contributed by atoms with E-state index in [2.05, 4.69) is 10.6 Å². The fourth-order valence-corrected chi connectivity index (χ4v) is 2.76. The molecule has 3 N–H and O–H groups in total. The average molecular weight is 282 g/mol. The van der Waals surface area contributed by atoms with Gasteiger partial charge in [-0.1, -0.05) is 18.2 Å². The summed E-state index contributed by atoms with van der Waals surface area (Å²) in [6.07, 6.45) is 0. The van der Waals surface area contributed by atoms with Crippen molar-refractivity contribution in [1.29, 1.82) is 0 Å². The largest absolute Gasteiger partial charge is 0.491 e. The maximum Gasteiger partial charge on any atom is 0.238 e. The number of amides is 1. The summed E-state index contributed by atoms with van der Waals surface area (Å²) in [6, 6.07) is 7.41. The molecule has 104 valence electrons. The number of hydrogen-bond acceptors (Lipinski definition) is 5. The number of benzene rings is 1. The van der Waals surface area contributed by atoms with Gasteiger partial charge in [0.15, 0.2) is 0 Å². The molecule has 2 rings (SSSR count). The Morgan fingerprint density at radius 1 is 1.53 bits per heavy atom. The normalized spacial score (nSPS) is 18.3. The van der Waals surface area contributed by atoms with Crippen LogP contribution in [0, 0.1) is 0 Å². The Hall–Kier alpha value is -1.24. The van der Waals surface area contributed by atoms with Crippen LogP contribution in [0.4, 0.5) is 0 Å². The molecule has 0 spiro atoms. The highest BCUT2D eigenvalue weighted by Gasteiger charge is 2.22. The summed E-state index contributed by atoms with van der Waals surface area (Å²) in [5, 5.41) is 14.8. The average Bonchev–Trinajstić information content (AvgIpc) is 2.97. The molecule has 1 heterocycles. The Morgan fingerprint density at radius 2 is 2.37 bits per heavy atom. The Kier molecular flexibility index (Phi) is 5.50. The molecule has 1 fully saturated rings. The van der Waals surface area contributed by atoms with Gasteiger partial charge in [0.05, 0.1) is 12.6 Å². The molecule has 0 aromatic heterocycles. The zero-order chi connectivity index (χ0) is 13.5. The van der Waals surface area contributed by atoms with Gasteiger partial charge in [0.2, 0.25) is 5.91 Å². The molecule has 6 heteroatoms. The van der Waals surface area contributed by atoms with Crippen molar-refractivity contribution < 1.29 is 14.6 Å². The van der Waals surface area contributed by atoms with Gasteiger partial charge in [-0.05, 0) is 6.07 Å². The van der Waals surface area contributed by atoms with Crippen molar-refractivity contribution >= 4 is 17.7 Å². The predicted octanol–water partition coefficient (Wildman–Crippen LogP) is 0.336. The number of carbonyl (C=O) groups excluding carboxylic acids is 1. The smallest absolute Gasteiger partial charge is 0.238 e. The SMILES string of the molecule is O=C(NCc1ccccc1OCCO)[C@H]1CSCN1. The van der Waals surface area contributed by atoms with Gasteiger partial charge in [0.25, 0.3) is 0 Å². The van der Waals surface area contributed by atoms with Crippen molar-refractivity contribution in [2.75, 3.05) is 24.8 Å². The van der Waals surface area contributed by atoms with Gasteiger partial charge in [-0.25, -0.2) is 0 Å². The van der Waals surface area contributed by atoms with Gasteiger partial charge in [0, 0.05) is 23.7 Å². The zero-order valence-corrected chi connectivity index (χ0v) is 11.4. The van der Waals surface area contributed by atoms with Crippen LogP contribution < -0.4 is 15.4 Å². The summed E-state index contributed by atoms with van der Waals surface area (Å²) in [4.78, 5) is 11.9. The van der Waals surface area contributed by atoms with E-state index in [0.717, 1.165) is 17.2 Å². The van der Waals surface area contributed by atoms with Crippen molar-refractivity contribution in [3.63, 3.8) is 0 Å². The molecule has 5 nitrogen and oxygen atoms in total. The van der Waals surface area contributed by atoms with E-state index in [1.54, 1.807) is 11.8 Å². The number of thioether (sulfide) groups is 1. The molecule has 0 saturated carbocycles. The number of rotatable bonds is 6. The minimum Gasteiger partial charge on any atom is -0.491 e. The summed E-state index contributed by atoms with van der Waals surface area (Å²) in [5.74, 6) is 2.36. The summed E-state index contributed by atoms with van der Waals surface area (Å²) >= 11 is 1.72. The second-order valence-electron chi connectivity index (χ2n) is 4.17. The van der Waals surface area contributed by atoms with E-state index in [-0.39, 0.29) is 25.2 Å². The quantitative estimate of drug-likeness (QED) is 0.702. The number of hydrogen-bond donors (Lipinski definition) is 3. The van der Waals surface area contributed by atoms with Crippen molar-refractivity contribution in [1.82, 2.24) is 10.6 Å². The molecule has 1 aromatic rings. The first kappa shape index (κ1) is 14.2. The Balaban J connectivity index is 1.89. The molecular weight excluding hydrogens is 264 g/mol. The van der Waals surface area contributed by atoms with E-state index >= 15 is 0 Å². The lowest BCUT2D eigenvalue weighted by atomic mass is 10.2. The van der Waals surface area contributed by atoms with Crippen molar-refractivity contribution in [2.45, 2.75) is 12.6 Å². The second kappa shape index (κ2) is 7.37. The van der Waals surface area contributed by atoms with Crippen LogP contribution in [0.3, 0.4) is 0 Å².